The molecule has 0 spiro atoms. The Kier molecular flexibility index (Phi) is 3.13. The number of nitrogens with one attached hydrogen (secondary N) is 1. The Morgan fingerprint density at radius 3 is 2.89 bits per heavy atom. The van der Waals surface area contributed by atoms with Gasteiger partial charge in [-0.3, -0.25) is 0 Å². The lowest BCUT2D eigenvalue weighted by atomic mass is 10.1. The van der Waals surface area contributed by atoms with Crippen LogP contribution in [0.1, 0.15) is 43.6 Å². The molecule has 1 aromatic heterocycles. The van der Waals surface area contributed by atoms with Crippen molar-refractivity contribution in [3.63, 3.8) is 0 Å². The summed E-state index contributed by atoms with van der Waals surface area (Å²) in [5, 5.41) is 4.78. The van der Waals surface area contributed by atoms with Crippen LogP contribution in [-0.4, -0.2) is 6.54 Å². The molecule has 1 fully saturated rings. The zero-order valence-corrected chi connectivity index (χ0v) is 11.2. The fourth-order valence-electron chi connectivity index (χ4n) is 2.59. The highest BCUT2D eigenvalue weighted by molar-refractivity contribution is 5.78. The van der Waals surface area contributed by atoms with E-state index in [-0.39, 0.29) is 0 Å². The molecule has 96 valence electrons. The number of rotatable bonds is 5. The van der Waals surface area contributed by atoms with E-state index in [2.05, 4.69) is 43.4 Å². The van der Waals surface area contributed by atoms with Gasteiger partial charge in [-0.15, -0.1) is 0 Å². The highest BCUT2D eigenvalue weighted by atomic mass is 16.3. The summed E-state index contributed by atoms with van der Waals surface area (Å²) < 4.78 is 6.00. The topological polar surface area (TPSA) is 25.2 Å². The minimum absolute atomic E-state index is 0.384. The summed E-state index contributed by atoms with van der Waals surface area (Å²) in [4.78, 5) is 0. The lowest BCUT2D eigenvalue weighted by Gasteiger charge is -2.14. The molecule has 2 nitrogen and oxygen atoms in total. The molecule has 2 heteroatoms. The molecule has 0 radical (unpaired) electrons. The van der Waals surface area contributed by atoms with Gasteiger partial charge in [-0.2, -0.15) is 0 Å². The van der Waals surface area contributed by atoms with Crippen molar-refractivity contribution in [1.82, 2.24) is 5.32 Å². The molecule has 1 saturated carbocycles. The normalized spacial score (nSPS) is 17.2. The summed E-state index contributed by atoms with van der Waals surface area (Å²) in [6.07, 6.45) is 4.00. The molecule has 0 bridgehead atoms. The second-order valence-corrected chi connectivity index (χ2v) is 5.48. The van der Waals surface area contributed by atoms with Crippen molar-refractivity contribution < 1.29 is 4.42 Å². The number of hydrogen-bond donors (Lipinski definition) is 1. The summed E-state index contributed by atoms with van der Waals surface area (Å²) in [7, 11) is 0. The minimum atomic E-state index is 0.384. The van der Waals surface area contributed by atoms with Crippen LogP contribution in [0.5, 0.6) is 0 Å². The van der Waals surface area contributed by atoms with Crippen LogP contribution in [0.2, 0.25) is 0 Å². The maximum absolute atomic E-state index is 6.00. The fraction of sp³-hybridized carbons (Fsp3) is 0.500. The van der Waals surface area contributed by atoms with Gasteiger partial charge in [0.25, 0.3) is 0 Å². The molecule has 1 unspecified atom stereocenters. The zero-order valence-electron chi connectivity index (χ0n) is 11.2. The molecule has 18 heavy (non-hydrogen) atoms. The SMILES string of the molecule is CCNC(CC1CC1)c1cc2cc(C)ccc2o1. The van der Waals surface area contributed by atoms with Crippen LogP contribution in [0.3, 0.4) is 0 Å². The van der Waals surface area contributed by atoms with Gasteiger partial charge in [0.15, 0.2) is 0 Å². The van der Waals surface area contributed by atoms with Crippen molar-refractivity contribution in [1.29, 1.82) is 0 Å². The highest BCUT2D eigenvalue weighted by Gasteiger charge is 2.27. The molecule has 0 aliphatic heterocycles. The smallest absolute Gasteiger partial charge is 0.134 e. The second kappa shape index (κ2) is 4.77. The van der Waals surface area contributed by atoms with Gasteiger partial charge in [0.05, 0.1) is 6.04 Å². The van der Waals surface area contributed by atoms with Crippen LogP contribution in [-0.2, 0) is 0 Å². The molecular formula is C16H21NO. The molecular weight excluding hydrogens is 222 g/mol. The van der Waals surface area contributed by atoms with Crippen molar-refractivity contribution in [2.75, 3.05) is 6.54 Å². The Balaban J connectivity index is 1.89. The summed E-state index contributed by atoms with van der Waals surface area (Å²) in [6.45, 7) is 5.28. The highest BCUT2D eigenvalue weighted by Crippen LogP contribution is 2.38. The second-order valence-electron chi connectivity index (χ2n) is 5.48. The van der Waals surface area contributed by atoms with E-state index in [0.717, 1.165) is 23.8 Å². The van der Waals surface area contributed by atoms with Crippen molar-refractivity contribution in [3.8, 4) is 0 Å². The quantitative estimate of drug-likeness (QED) is 0.851. The van der Waals surface area contributed by atoms with Crippen LogP contribution in [0, 0.1) is 12.8 Å². The van der Waals surface area contributed by atoms with Gasteiger partial charge in [0.1, 0.15) is 11.3 Å². The molecule has 1 atom stereocenters. The average Bonchev–Trinajstić information content (AvgIpc) is 3.06. The van der Waals surface area contributed by atoms with Crippen LogP contribution in [0.15, 0.2) is 28.7 Å². The van der Waals surface area contributed by atoms with Crippen molar-refractivity contribution in [2.45, 2.75) is 39.2 Å². The summed E-state index contributed by atoms with van der Waals surface area (Å²) in [5.41, 5.74) is 2.30. The zero-order chi connectivity index (χ0) is 12.5. The van der Waals surface area contributed by atoms with Gasteiger partial charge in [-0.25, -0.2) is 0 Å². The fourth-order valence-corrected chi connectivity index (χ4v) is 2.59. The van der Waals surface area contributed by atoms with E-state index in [4.69, 9.17) is 4.42 Å². The third kappa shape index (κ3) is 2.44. The molecule has 1 N–H and O–H groups in total. The third-order valence-corrected chi connectivity index (χ3v) is 3.75. The average molecular weight is 243 g/mol. The summed E-state index contributed by atoms with van der Waals surface area (Å²) >= 11 is 0. The largest absolute Gasteiger partial charge is 0.459 e. The predicted octanol–water partition coefficient (Wildman–Crippen LogP) is 4.19. The van der Waals surface area contributed by atoms with Crippen LogP contribution >= 0.6 is 0 Å². The standard InChI is InChI=1S/C16H21NO/c1-3-17-14(9-12-5-6-12)16-10-13-8-11(2)4-7-15(13)18-16/h4,7-8,10,12,14,17H,3,5-6,9H2,1-2H3. The maximum Gasteiger partial charge on any atom is 0.134 e. The number of furan rings is 1. The maximum atomic E-state index is 6.00. The van der Waals surface area contributed by atoms with Gasteiger partial charge in [0.2, 0.25) is 0 Å². The molecule has 1 aliphatic rings. The first-order valence-electron chi connectivity index (χ1n) is 6.99. The number of fused-ring (bicyclic) bond motifs is 1. The van der Waals surface area contributed by atoms with E-state index in [1.54, 1.807) is 0 Å². The first-order valence-corrected chi connectivity index (χ1v) is 6.99. The van der Waals surface area contributed by atoms with E-state index in [1.165, 1.54) is 30.2 Å². The summed E-state index contributed by atoms with van der Waals surface area (Å²) in [6, 6.07) is 8.98. The Morgan fingerprint density at radius 2 is 2.17 bits per heavy atom. The molecule has 1 heterocycles. The van der Waals surface area contributed by atoms with Crippen LogP contribution in [0.25, 0.3) is 11.0 Å². The van der Waals surface area contributed by atoms with E-state index < -0.39 is 0 Å². The molecule has 2 aromatic rings. The predicted molar refractivity (Wildman–Crippen MR) is 74.7 cm³/mol. The lowest BCUT2D eigenvalue weighted by molar-refractivity contribution is 0.402. The molecule has 3 rings (SSSR count). The van der Waals surface area contributed by atoms with Crippen molar-refractivity contribution >= 4 is 11.0 Å². The van der Waals surface area contributed by atoms with Crippen LogP contribution < -0.4 is 5.32 Å². The van der Waals surface area contributed by atoms with E-state index >= 15 is 0 Å². The molecule has 1 aliphatic carbocycles. The number of benzene rings is 1. The van der Waals surface area contributed by atoms with Gasteiger partial charge in [-0.1, -0.05) is 31.4 Å². The van der Waals surface area contributed by atoms with Gasteiger partial charge in [-0.05, 0) is 44.0 Å². The van der Waals surface area contributed by atoms with Gasteiger partial charge >= 0.3 is 0 Å². The number of hydrogen-bond acceptors (Lipinski definition) is 2. The van der Waals surface area contributed by atoms with E-state index in [1.807, 2.05) is 0 Å². The first kappa shape index (κ1) is 11.8. The molecule has 1 aromatic carbocycles. The Hall–Kier alpha value is -1.28. The third-order valence-electron chi connectivity index (χ3n) is 3.75. The summed E-state index contributed by atoms with van der Waals surface area (Å²) in [5.74, 6) is 2.01. The van der Waals surface area contributed by atoms with Crippen LogP contribution in [0.4, 0.5) is 0 Å². The van der Waals surface area contributed by atoms with E-state index in [0.29, 0.717) is 6.04 Å². The molecule has 0 amide bonds. The molecule has 0 saturated heterocycles. The Morgan fingerprint density at radius 1 is 1.33 bits per heavy atom. The Labute approximate surface area is 108 Å². The first-order chi connectivity index (χ1) is 8.76. The van der Waals surface area contributed by atoms with Crippen molar-refractivity contribution in [3.05, 3.63) is 35.6 Å². The monoisotopic (exact) mass is 243 g/mol. The number of aryl methyl sites for hydroxylation is 1. The van der Waals surface area contributed by atoms with Gasteiger partial charge < -0.3 is 9.73 Å². The van der Waals surface area contributed by atoms with Gasteiger partial charge in [0, 0.05) is 5.39 Å². The van der Waals surface area contributed by atoms with Crippen molar-refractivity contribution in [2.24, 2.45) is 5.92 Å². The van der Waals surface area contributed by atoms with E-state index in [9.17, 15) is 0 Å². The minimum Gasteiger partial charge on any atom is -0.459 e. The lowest BCUT2D eigenvalue weighted by Crippen LogP contribution is -2.20. The Bertz CT molecular complexity index is 539.